The van der Waals surface area contributed by atoms with E-state index in [1.165, 1.54) is 59.6 Å². The molecule has 29 heavy (non-hydrogen) atoms. The van der Waals surface area contributed by atoms with Gasteiger partial charge in [0.2, 0.25) is 0 Å². The summed E-state index contributed by atoms with van der Waals surface area (Å²) in [5, 5.41) is 0. The Morgan fingerprint density at radius 1 is 0.966 bits per heavy atom. The molecule has 0 fully saturated rings. The number of hydrogen-bond acceptors (Lipinski definition) is 3. The second-order valence-corrected chi connectivity index (χ2v) is 9.82. The lowest BCUT2D eigenvalue weighted by Crippen LogP contribution is -2.37. The molecular weight excluding hydrogens is 384 g/mol. The average molecular weight is 422 g/mol. The Kier molecular flexibility index (Phi) is 9.81. The number of pyridine rings is 1. The molecule has 0 aliphatic rings. The highest BCUT2D eigenvalue weighted by atomic mass is 32.2. The summed E-state index contributed by atoms with van der Waals surface area (Å²) in [6, 6.07) is 5.57. The summed E-state index contributed by atoms with van der Waals surface area (Å²) >= 11 is 0. The summed E-state index contributed by atoms with van der Waals surface area (Å²) in [5.41, 5.74) is 0.662. The maximum absolute atomic E-state index is 12.7. The number of aromatic nitrogens is 3. The predicted molar refractivity (Wildman–Crippen MR) is 118 cm³/mol. The third kappa shape index (κ3) is 6.93. The highest BCUT2D eigenvalue weighted by Crippen LogP contribution is 2.17. The molecule has 0 amide bonds. The minimum Gasteiger partial charge on any atom is -0.248 e. The van der Waals surface area contributed by atoms with Crippen molar-refractivity contribution >= 4 is 10.2 Å². The summed E-state index contributed by atoms with van der Waals surface area (Å²) < 4.78 is 30.0. The molecule has 0 saturated carbocycles. The number of rotatable bonds is 14. The van der Waals surface area contributed by atoms with Gasteiger partial charge in [-0.2, -0.15) is 12.7 Å². The van der Waals surface area contributed by atoms with Crippen molar-refractivity contribution in [3.05, 3.63) is 36.8 Å². The summed E-state index contributed by atoms with van der Waals surface area (Å²) in [7, 11) is -0.507. The zero-order valence-electron chi connectivity index (χ0n) is 18.3. The van der Waals surface area contributed by atoms with E-state index in [9.17, 15) is 8.42 Å². The lowest BCUT2D eigenvalue weighted by Gasteiger charge is -2.10. The zero-order valence-corrected chi connectivity index (χ0v) is 19.1. The van der Waals surface area contributed by atoms with E-state index in [1.807, 2.05) is 29.0 Å². The van der Waals surface area contributed by atoms with Crippen molar-refractivity contribution in [1.82, 2.24) is 13.3 Å². The van der Waals surface area contributed by atoms with Gasteiger partial charge in [0, 0.05) is 20.3 Å². The first-order valence-electron chi connectivity index (χ1n) is 10.9. The van der Waals surface area contributed by atoms with E-state index in [2.05, 4.69) is 11.9 Å². The maximum atomic E-state index is 12.7. The van der Waals surface area contributed by atoms with Gasteiger partial charge in [0.15, 0.2) is 5.69 Å². The van der Waals surface area contributed by atoms with E-state index in [1.54, 1.807) is 26.5 Å². The van der Waals surface area contributed by atoms with Gasteiger partial charge in [-0.3, -0.25) is 0 Å². The van der Waals surface area contributed by atoms with Crippen molar-refractivity contribution in [1.29, 1.82) is 0 Å². The molecule has 0 saturated heterocycles. The van der Waals surface area contributed by atoms with Crippen LogP contribution in [0.15, 0.2) is 36.8 Å². The van der Waals surface area contributed by atoms with E-state index >= 15 is 0 Å². The monoisotopic (exact) mass is 421 g/mol. The highest BCUT2D eigenvalue weighted by Gasteiger charge is 2.31. The van der Waals surface area contributed by atoms with Gasteiger partial charge in [0.1, 0.15) is 12.4 Å². The minimum atomic E-state index is -3.60. The average Bonchev–Trinajstić information content (AvgIpc) is 3.14. The summed E-state index contributed by atoms with van der Waals surface area (Å²) in [6.07, 6.45) is 18.0. The highest BCUT2D eigenvalue weighted by molar-refractivity contribution is 7.87. The Morgan fingerprint density at radius 2 is 1.59 bits per heavy atom. The predicted octanol–water partition coefficient (Wildman–Crippen LogP) is 4.41. The Bertz CT molecular complexity index is 817. The van der Waals surface area contributed by atoms with Crippen LogP contribution in [0.1, 0.15) is 71.1 Å². The van der Waals surface area contributed by atoms with Crippen LogP contribution in [0.3, 0.4) is 0 Å². The van der Waals surface area contributed by atoms with Gasteiger partial charge >= 0.3 is 16.0 Å². The number of nitrogens with zero attached hydrogens (tertiary/aromatic N) is 4. The molecule has 0 radical (unpaired) electrons. The van der Waals surface area contributed by atoms with Crippen LogP contribution in [0.2, 0.25) is 0 Å². The zero-order chi connectivity index (χ0) is 21.1. The van der Waals surface area contributed by atoms with Crippen LogP contribution in [0.25, 0.3) is 11.5 Å². The summed E-state index contributed by atoms with van der Waals surface area (Å²) in [6.45, 7) is 3.04. The standard InChI is InChI=1S/C22H37N4O2S/c1-4-5-6-7-8-9-10-11-12-15-18-25-19-20-26(29(27,28)24(2)3)22(25)21-16-13-14-17-23-21/h13-14,16-17,19-20H,4-12,15,18H2,1-3H3/q+1. The fourth-order valence-corrected chi connectivity index (χ4v) is 4.45. The first-order valence-corrected chi connectivity index (χ1v) is 12.3. The maximum Gasteiger partial charge on any atom is 0.379 e. The number of aryl methyl sites for hydroxylation is 1. The van der Waals surface area contributed by atoms with Gasteiger partial charge in [-0.05, 0) is 25.0 Å². The molecule has 0 N–H and O–H groups in total. The summed E-state index contributed by atoms with van der Waals surface area (Å²) in [5.74, 6) is 0.607. The van der Waals surface area contributed by atoms with Crippen molar-refractivity contribution in [2.24, 2.45) is 0 Å². The van der Waals surface area contributed by atoms with Gasteiger partial charge in [-0.25, -0.2) is 9.55 Å². The van der Waals surface area contributed by atoms with E-state index in [0.29, 0.717) is 11.5 Å². The van der Waals surface area contributed by atoms with Crippen molar-refractivity contribution in [3.63, 3.8) is 0 Å². The second-order valence-electron chi connectivity index (χ2n) is 7.80. The number of unbranched alkanes of at least 4 members (excludes halogenated alkanes) is 9. The molecule has 2 heterocycles. The van der Waals surface area contributed by atoms with Crippen molar-refractivity contribution < 1.29 is 13.0 Å². The molecule has 2 aromatic rings. The van der Waals surface area contributed by atoms with E-state index in [-0.39, 0.29) is 0 Å². The molecule has 0 aromatic carbocycles. The van der Waals surface area contributed by atoms with Crippen LogP contribution in [0.5, 0.6) is 0 Å². The fraction of sp³-hybridized carbons (Fsp3) is 0.636. The topological polar surface area (TPSA) is 59.1 Å². The van der Waals surface area contributed by atoms with Crippen LogP contribution in [0.4, 0.5) is 0 Å². The molecule has 0 spiro atoms. The first kappa shape index (κ1) is 23.5. The smallest absolute Gasteiger partial charge is 0.248 e. The van der Waals surface area contributed by atoms with Gasteiger partial charge in [0.25, 0.3) is 0 Å². The van der Waals surface area contributed by atoms with E-state index < -0.39 is 10.2 Å². The van der Waals surface area contributed by atoms with E-state index in [0.717, 1.165) is 19.4 Å². The van der Waals surface area contributed by atoms with Crippen LogP contribution >= 0.6 is 0 Å². The molecule has 0 aliphatic heterocycles. The van der Waals surface area contributed by atoms with Crippen molar-refractivity contribution in [2.75, 3.05) is 14.1 Å². The van der Waals surface area contributed by atoms with Crippen molar-refractivity contribution in [3.8, 4) is 11.5 Å². The van der Waals surface area contributed by atoms with Gasteiger partial charge < -0.3 is 0 Å². The van der Waals surface area contributed by atoms with E-state index in [4.69, 9.17) is 0 Å². The van der Waals surface area contributed by atoms with Crippen LogP contribution in [0, 0.1) is 0 Å². The third-order valence-electron chi connectivity index (χ3n) is 5.22. The SMILES string of the molecule is CCCCCCCCCCCC[n+]1ccn(S(=O)(=O)N(C)C)c1-c1ccccn1. The van der Waals surface area contributed by atoms with Gasteiger partial charge in [-0.15, -0.1) is 3.97 Å². The normalized spacial score (nSPS) is 12.0. The molecule has 0 aliphatic carbocycles. The Labute approximate surface area is 176 Å². The lowest BCUT2D eigenvalue weighted by atomic mass is 10.1. The van der Waals surface area contributed by atoms with Crippen LogP contribution in [-0.2, 0) is 16.8 Å². The first-order chi connectivity index (χ1) is 14.0. The molecule has 6 nitrogen and oxygen atoms in total. The third-order valence-corrected chi connectivity index (χ3v) is 6.93. The molecule has 0 unspecified atom stereocenters. The molecule has 2 rings (SSSR count). The molecular formula is C22H37N4O2S+. The van der Waals surface area contributed by atoms with Crippen LogP contribution in [-0.4, -0.2) is 35.8 Å². The summed E-state index contributed by atoms with van der Waals surface area (Å²) in [4.78, 5) is 4.39. The number of hydrogen-bond donors (Lipinski definition) is 0. The van der Waals surface area contributed by atoms with Crippen LogP contribution < -0.4 is 4.57 Å². The number of imidazole rings is 1. The van der Waals surface area contributed by atoms with Crippen molar-refractivity contribution in [2.45, 2.75) is 77.7 Å². The molecule has 0 bridgehead atoms. The largest absolute Gasteiger partial charge is 0.379 e. The Morgan fingerprint density at radius 3 is 2.14 bits per heavy atom. The minimum absolute atomic E-state index is 0.607. The molecule has 7 heteroatoms. The molecule has 2 aromatic heterocycles. The molecule has 0 atom stereocenters. The quantitative estimate of drug-likeness (QED) is 0.335. The second kappa shape index (κ2) is 12.1. The van der Waals surface area contributed by atoms with Gasteiger partial charge in [-0.1, -0.05) is 64.4 Å². The Hall–Kier alpha value is -1.73. The lowest BCUT2D eigenvalue weighted by molar-refractivity contribution is -0.685. The fourth-order valence-electron chi connectivity index (χ4n) is 3.48. The Balaban J connectivity index is 1.93. The van der Waals surface area contributed by atoms with Gasteiger partial charge in [0.05, 0.1) is 6.54 Å². The molecule has 162 valence electrons.